The molecule has 2 bridgehead atoms. The average molecular weight is 295 g/mol. The molecule has 3 heteroatoms. The maximum absolute atomic E-state index is 4.12. The van der Waals surface area contributed by atoms with Gasteiger partial charge in [0.25, 0.3) is 0 Å². The lowest BCUT2D eigenvalue weighted by Gasteiger charge is -2.29. The second kappa shape index (κ2) is 4.60. The molecule has 0 radical (unpaired) electrons. The number of anilines is 1. The van der Waals surface area contributed by atoms with Gasteiger partial charge >= 0.3 is 0 Å². The third-order valence-electron chi connectivity index (χ3n) is 4.56. The number of pyridine rings is 1. The van der Waals surface area contributed by atoms with Crippen LogP contribution in [0.2, 0.25) is 0 Å². The molecule has 0 aromatic carbocycles. The second-order valence-electron chi connectivity index (χ2n) is 5.64. The van der Waals surface area contributed by atoms with E-state index in [-0.39, 0.29) is 0 Å². The molecule has 1 heterocycles. The first-order valence-corrected chi connectivity index (χ1v) is 7.34. The molecule has 17 heavy (non-hydrogen) atoms. The van der Waals surface area contributed by atoms with Crippen LogP contribution in [0.3, 0.4) is 0 Å². The van der Waals surface area contributed by atoms with Gasteiger partial charge in [0.15, 0.2) is 0 Å². The van der Waals surface area contributed by atoms with E-state index in [0.717, 1.165) is 22.2 Å². The summed E-state index contributed by atoms with van der Waals surface area (Å²) in [6.45, 7) is 1.20. The topological polar surface area (TPSA) is 16.1 Å². The molecule has 0 aliphatic heterocycles. The van der Waals surface area contributed by atoms with Gasteiger partial charge < -0.3 is 4.90 Å². The van der Waals surface area contributed by atoms with E-state index in [1.165, 1.54) is 37.9 Å². The summed E-state index contributed by atoms with van der Waals surface area (Å²) in [4.78, 5) is 6.51. The van der Waals surface area contributed by atoms with Crippen molar-refractivity contribution in [3.8, 4) is 0 Å². The quantitative estimate of drug-likeness (QED) is 0.845. The second-order valence-corrected chi connectivity index (χ2v) is 6.50. The summed E-state index contributed by atoms with van der Waals surface area (Å²) in [6, 6.07) is 2.09. The van der Waals surface area contributed by atoms with Gasteiger partial charge in [-0.1, -0.05) is 6.42 Å². The van der Waals surface area contributed by atoms with Gasteiger partial charge in [-0.05, 0) is 59.0 Å². The van der Waals surface area contributed by atoms with Crippen molar-refractivity contribution in [3.63, 3.8) is 0 Å². The van der Waals surface area contributed by atoms with Crippen molar-refractivity contribution in [2.45, 2.75) is 25.7 Å². The molecule has 92 valence electrons. The molecule has 3 unspecified atom stereocenters. The van der Waals surface area contributed by atoms with Gasteiger partial charge in [0, 0.05) is 26.0 Å². The van der Waals surface area contributed by atoms with E-state index < -0.39 is 0 Å². The minimum atomic E-state index is 0.916. The Bertz CT molecular complexity index is 407. The Labute approximate surface area is 112 Å². The molecule has 3 rings (SSSR count). The molecule has 2 aliphatic carbocycles. The number of halogens is 1. The lowest BCUT2D eigenvalue weighted by Crippen LogP contribution is -2.28. The van der Waals surface area contributed by atoms with Gasteiger partial charge in [-0.15, -0.1) is 0 Å². The monoisotopic (exact) mass is 294 g/mol. The number of hydrogen-bond donors (Lipinski definition) is 0. The molecule has 1 aromatic heterocycles. The fraction of sp³-hybridized carbons (Fsp3) is 0.643. The molecule has 0 saturated heterocycles. The average Bonchev–Trinajstić information content (AvgIpc) is 2.91. The third kappa shape index (κ3) is 2.22. The van der Waals surface area contributed by atoms with Crippen LogP contribution in [0.25, 0.3) is 0 Å². The molecule has 0 amide bonds. The molecule has 0 N–H and O–H groups in total. The van der Waals surface area contributed by atoms with Crippen molar-refractivity contribution in [2.75, 3.05) is 18.5 Å². The largest absolute Gasteiger partial charge is 0.373 e. The summed E-state index contributed by atoms with van der Waals surface area (Å²) in [5.41, 5.74) is 1.27. The summed E-state index contributed by atoms with van der Waals surface area (Å²) in [5, 5.41) is 0. The van der Waals surface area contributed by atoms with Crippen LogP contribution < -0.4 is 4.90 Å². The number of fused-ring (bicyclic) bond motifs is 2. The molecule has 0 spiro atoms. The van der Waals surface area contributed by atoms with Gasteiger partial charge in [0.05, 0.1) is 10.2 Å². The summed E-state index contributed by atoms with van der Waals surface area (Å²) in [6.07, 6.45) is 9.67. The smallest absolute Gasteiger partial charge is 0.0592 e. The Balaban J connectivity index is 1.68. The Morgan fingerprint density at radius 1 is 1.41 bits per heavy atom. The summed E-state index contributed by atoms with van der Waals surface area (Å²) < 4.78 is 1.10. The molecule has 2 saturated carbocycles. The standard InChI is InChI=1S/C14H19BrN2/c1-17(14-4-5-16-8-13(14)15)9-12-7-10-2-3-11(12)6-10/h4-5,8,10-12H,2-3,6-7,9H2,1H3. The molecule has 1 aromatic rings. The summed E-state index contributed by atoms with van der Waals surface area (Å²) in [7, 11) is 2.20. The van der Waals surface area contributed by atoms with E-state index in [1.54, 1.807) is 0 Å². The zero-order chi connectivity index (χ0) is 11.8. The summed E-state index contributed by atoms with van der Waals surface area (Å²) in [5.74, 6) is 2.96. The van der Waals surface area contributed by atoms with E-state index in [0.29, 0.717) is 0 Å². The van der Waals surface area contributed by atoms with Gasteiger partial charge in [-0.3, -0.25) is 4.98 Å². The van der Waals surface area contributed by atoms with Crippen LogP contribution in [0.5, 0.6) is 0 Å². The number of hydrogen-bond acceptors (Lipinski definition) is 2. The first kappa shape index (κ1) is 11.5. The minimum absolute atomic E-state index is 0.916. The van der Waals surface area contributed by atoms with Gasteiger partial charge in [0.1, 0.15) is 0 Å². The Kier molecular flexibility index (Phi) is 3.12. The van der Waals surface area contributed by atoms with Crippen LogP contribution in [-0.4, -0.2) is 18.6 Å². The zero-order valence-electron chi connectivity index (χ0n) is 10.3. The van der Waals surface area contributed by atoms with Crippen LogP contribution in [0.15, 0.2) is 22.9 Å². The first-order valence-electron chi connectivity index (χ1n) is 6.54. The van der Waals surface area contributed by atoms with E-state index in [1.807, 2.05) is 12.4 Å². The minimum Gasteiger partial charge on any atom is -0.373 e. The van der Waals surface area contributed by atoms with E-state index in [9.17, 15) is 0 Å². The molecule has 2 nitrogen and oxygen atoms in total. The zero-order valence-corrected chi connectivity index (χ0v) is 11.9. The van der Waals surface area contributed by atoms with Gasteiger partial charge in [-0.2, -0.15) is 0 Å². The Morgan fingerprint density at radius 2 is 2.29 bits per heavy atom. The van der Waals surface area contributed by atoms with Crippen LogP contribution in [0.1, 0.15) is 25.7 Å². The number of aromatic nitrogens is 1. The SMILES string of the molecule is CN(CC1CC2CCC1C2)c1ccncc1Br. The van der Waals surface area contributed by atoms with Crippen LogP contribution in [0.4, 0.5) is 5.69 Å². The van der Waals surface area contributed by atoms with E-state index in [2.05, 4.69) is 38.9 Å². The summed E-state index contributed by atoms with van der Waals surface area (Å²) >= 11 is 3.58. The predicted molar refractivity (Wildman–Crippen MR) is 74.1 cm³/mol. The van der Waals surface area contributed by atoms with Crippen molar-refractivity contribution < 1.29 is 0 Å². The molecule has 2 aliphatic rings. The van der Waals surface area contributed by atoms with Crippen LogP contribution in [-0.2, 0) is 0 Å². The molecular weight excluding hydrogens is 276 g/mol. The fourth-order valence-corrected chi connectivity index (χ4v) is 4.28. The van der Waals surface area contributed by atoms with Crippen molar-refractivity contribution in [1.29, 1.82) is 0 Å². The van der Waals surface area contributed by atoms with Crippen molar-refractivity contribution in [3.05, 3.63) is 22.9 Å². The molecule has 2 fully saturated rings. The molecular formula is C14H19BrN2. The van der Waals surface area contributed by atoms with Crippen LogP contribution >= 0.6 is 15.9 Å². The highest BCUT2D eigenvalue weighted by Crippen LogP contribution is 2.48. The van der Waals surface area contributed by atoms with E-state index >= 15 is 0 Å². The normalized spacial score (nSPS) is 30.8. The Hall–Kier alpha value is -0.570. The number of rotatable bonds is 3. The lowest BCUT2D eigenvalue weighted by atomic mass is 9.88. The third-order valence-corrected chi connectivity index (χ3v) is 5.17. The van der Waals surface area contributed by atoms with Crippen LogP contribution in [0, 0.1) is 17.8 Å². The van der Waals surface area contributed by atoms with Gasteiger partial charge in [-0.25, -0.2) is 0 Å². The fourth-order valence-electron chi connectivity index (χ4n) is 3.73. The van der Waals surface area contributed by atoms with Crippen molar-refractivity contribution >= 4 is 21.6 Å². The maximum Gasteiger partial charge on any atom is 0.0592 e. The molecule has 3 atom stereocenters. The highest BCUT2D eigenvalue weighted by molar-refractivity contribution is 9.10. The number of nitrogens with zero attached hydrogens (tertiary/aromatic N) is 2. The predicted octanol–water partition coefficient (Wildman–Crippen LogP) is 3.72. The first-order chi connectivity index (χ1) is 8.24. The lowest BCUT2D eigenvalue weighted by molar-refractivity contribution is 0.337. The van der Waals surface area contributed by atoms with Crippen molar-refractivity contribution in [1.82, 2.24) is 4.98 Å². The Morgan fingerprint density at radius 3 is 2.94 bits per heavy atom. The maximum atomic E-state index is 4.12. The highest BCUT2D eigenvalue weighted by Gasteiger charge is 2.39. The van der Waals surface area contributed by atoms with Crippen molar-refractivity contribution in [2.24, 2.45) is 17.8 Å². The van der Waals surface area contributed by atoms with E-state index in [4.69, 9.17) is 0 Å². The van der Waals surface area contributed by atoms with Gasteiger partial charge in [0.2, 0.25) is 0 Å². The highest BCUT2D eigenvalue weighted by atomic mass is 79.9.